The Morgan fingerprint density at radius 2 is 1.93 bits per heavy atom. The minimum absolute atomic E-state index is 0.0762. The Labute approximate surface area is 82.8 Å². The summed E-state index contributed by atoms with van der Waals surface area (Å²) in [6.45, 7) is 0. The summed E-state index contributed by atoms with van der Waals surface area (Å²) < 4.78 is 48.4. The summed E-state index contributed by atoms with van der Waals surface area (Å²) >= 11 is 4.96. The van der Waals surface area contributed by atoms with Crippen molar-refractivity contribution in [3.05, 3.63) is 40.7 Å². The van der Waals surface area contributed by atoms with E-state index in [9.17, 15) is 17.6 Å². The average Bonchev–Trinajstić information content (AvgIpc) is 2.02. The predicted molar refractivity (Wildman–Crippen MR) is 46.3 cm³/mol. The van der Waals surface area contributed by atoms with E-state index in [0.29, 0.717) is 6.08 Å². The van der Waals surface area contributed by atoms with E-state index in [2.05, 4.69) is 0 Å². The number of benzene rings is 1. The van der Waals surface area contributed by atoms with Gasteiger partial charge in [0.2, 0.25) is 0 Å². The SMILES string of the molecule is Fc1cccc(C=C(Cl)C(F)(F)F)c1. The molecule has 0 saturated heterocycles. The van der Waals surface area contributed by atoms with Gasteiger partial charge in [0.15, 0.2) is 0 Å². The van der Waals surface area contributed by atoms with E-state index in [-0.39, 0.29) is 5.56 Å². The lowest BCUT2D eigenvalue weighted by atomic mass is 10.2. The number of allylic oxidation sites excluding steroid dienone is 1. The maximum Gasteiger partial charge on any atom is 0.426 e. The molecule has 1 aromatic carbocycles. The van der Waals surface area contributed by atoms with E-state index in [4.69, 9.17) is 11.6 Å². The molecule has 0 radical (unpaired) electrons. The van der Waals surface area contributed by atoms with Crippen LogP contribution in [0.2, 0.25) is 0 Å². The first-order valence-corrected chi connectivity index (χ1v) is 3.97. The van der Waals surface area contributed by atoms with E-state index in [1.54, 1.807) is 0 Å². The highest BCUT2D eigenvalue weighted by atomic mass is 35.5. The number of alkyl halides is 3. The third-order valence-corrected chi connectivity index (χ3v) is 1.74. The second-order valence-corrected chi connectivity index (χ2v) is 2.95. The van der Waals surface area contributed by atoms with Crippen LogP contribution in [0.15, 0.2) is 29.3 Å². The maximum atomic E-state index is 12.6. The summed E-state index contributed by atoms with van der Waals surface area (Å²) in [5.41, 5.74) is 0.0762. The number of rotatable bonds is 1. The minimum atomic E-state index is -4.59. The van der Waals surface area contributed by atoms with Crippen molar-refractivity contribution in [2.24, 2.45) is 0 Å². The minimum Gasteiger partial charge on any atom is -0.207 e. The van der Waals surface area contributed by atoms with Gasteiger partial charge in [0, 0.05) is 0 Å². The summed E-state index contributed by atoms with van der Waals surface area (Å²) in [6, 6.07) is 4.74. The van der Waals surface area contributed by atoms with Gasteiger partial charge in [-0.15, -0.1) is 0 Å². The topological polar surface area (TPSA) is 0 Å². The summed E-state index contributed by atoms with van der Waals surface area (Å²) in [5, 5.41) is -1.27. The Kier molecular flexibility index (Phi) is 3.16. The molecule has 0 spiro atoms. The van der Waals surface area contributed by atoms with Gasteiger partial charge < -0.3 is 0 Å². The molecule has 0 bridgehead atoms. The van der Waals surface area contributed by atoms with Crippen molar-refractivity contribution in [2.75, 3.05) is 0 Å². The molecule has 76 valence electrons. The first-order valence-electron chi connectivity index (χ1n) is 3.59. The highest BCUT2D eigenvalue weighted by Crippen LogP contribution is 2.30. The molecule has 0 N–H and O–H groups in total. The molecule has 0 unspecified atom stereocenters. The van der Waals surface area contributed by atoms with Gasteiger partial charge in [0.25, 0.3) is 0 Å². The van der Waals surface area contributed by atoms with Crippen molar-refractivity contribution in [3.63, 3.8) is 0 Å². The zero-order valence-electron chi connectivity index (χ0n) is 6.78. The molecule has 14 heavy (non-hydrogen) atoms. The zero-order chi connectivity index (χ0) is 10.8. The third kappa shape index (κ3) is 3.03. The molecule has 5 heteroatoms. The number of hydrogen-bond acceptors (Lipinski definition) is 0. The van der Waals surface area contributed by atoms with Gasteiger partial charge in [-0.25, -0.2) is 4.39 Å². The normalized spacial score (nSPS) is 13.1. The third-order valence-electron chi connectivity index (χ3n) is 1.41. The van der Waals surface area contributed by atoms with Crippen molar-refractivity contribution < 1.29 is 17.6 Å². The monoisotopic (exact) mass is 224 g/mol. The molecule has 0 amide bonds. The highest BCUT2D eigenvalue weighted by Gasteiger charge is 2.32. The predicted octanol–water partition coefficient (Wildman–Crippen LogP) is 3.97. The number of hydrogen-bond donors (Lipinski definition) is 0. The van der Waals surface area contributed by atoms with Gasteiger partial charge in [0.05, 0.1) is 0 Å². The summed E-state index contributed by atoms with van der Waals surface area (Å²) in [7, 11) is 0. The van der Waals surface area contributed by atoms with E-state index >= 15 is 0 Å². The fourth-order valence-electron chi connectivity index (χ4n) is 0.825. The van der Waals surface area contributed by atoms with Crippen LogP contribution < -0.4 is 0 Å². The van der Waals surface area contributed by atoms with Crippen molar-refractivity contribution in [3.8, 4) is 0 Å². The van der Waals surface area contributed by atoms with Crippen LogP contribution in [0, 0.1) is 5.82 Å². The molecule has 0 fully saturated rings. The first-order chi connectivity index (χ1) is 6.39. The second-order valence-electron chi connectivity index (χ2n) is 2.55. The van der Waals surface area contributed by atoms with Gasteiger partial charge in [-0.3, -0.25) is 0 Å². The molecule has 0 aliphatic carbocycles. The molecule has 1 rings (SSSR count). The molecule has 0 heterocycles. The molecular formula is C9H5ClF4. The van der Waals surface area contributed by atoms with Gasteiger partial charge >= 0.3 is 6.18 Å². The van der Waals surface area contributed by atoms with Crippen LogP contribution in [0.5, 0.6) is 0 Å². The largest absolute Gasteiger partial charge is 0.426 e. The van der Waals surface area contributed by atoms with E-state index in [1.165, 1.54) is 12.1 Å². The van der Waals surface area contributed by atoms with E-state index in [1.807, 2.05) is 0 Å². The second kappa shape index (κ2) is 4.00. The number of halogens is 5. The van der Waals surface area contributed by atoms with Crippen LogP contribution in [0.4, 0.5) is 17.6 Å². The molecule has 0 atom stereocenters. The Bertz CT molecular complexity index is 354. The van der Waals surface area contributed by atoms with Crippen LogP contribution in [0.3, 0.4) is 0 Å². The lowest BCUT2D eigenvalue weighted by Gasteiger charge is -2.03. The van der Waals surface area contributed by atoms with Crippen molar-refractivity contribution in [1.82, 2.24) is 0 Å². The van der Waals surface area contributed by atoms with E-state index < -0.39 is 17.0 Å². The van der Waals surface area contributed by atoms with Crippen LogP contribution in [-0.4, -0.2) is 6.18 Å². The smallest absolute Gasteiger partial charge is 0.207 e. The molecule has 0 saturated carbocycles. The fraction of sp³-hybridized carbons (Fsp3) is 0.111. The van der Waals surface area contributed by atoms with E-state index in [0.717, 1.165) is 12.1 Å². The summed E-state index contributed by atoms with van der Waals surface area (Å²) in [6.07, 6.45) is -3.92. The van der Waals surface area contributed by atoms with Gasteiger partial charge in [-0.05, 0) is 23.8 Å². The Morgan fingerprint density at radius 3 is 2.43 bits per heavy atom. The van der Waals surface area contributed by atoms with Crippen molar-refractivity contribution >= 4 is 17.7 Å². The molecule has 0 aliphatic heterocycles. The average molecular weight is 225 g/mol. The van der Waals surface area contributed by atoms with Crippen LogP contribution in [0.25, 0.3) is 6.08 Å². The lowest BCUT2D eigenvalue weighted by Crippen LogP contribution is -2.06. The Balaban J connectivity index is 2.98. The van der Waals surface area contributed by atoms with Gasteiger partial charge in [-0.2, -0.15) is 13.2 Å². The standard InChI is InChI=1S/C9H5ClF4/c10-8(9(12,13)14)5-6-2-1-3-7(11)4-6/h1-5H. The summed E-state index contributed by atoms with van der Waals surface area (Å²) in [5.74, 6) is -0.606. The summed E-state index contributed by atoms with van der Waals surface area (Å²) in [4.78, 5) is 0. The molecule has 1 aromatic rings. The van der Waals surface area contributed by atoms with Gasteiger partial charge in [0.1, 0.15) is 10.8 Å². The van der Waals surface area contributed by atoms with Crippen molar-refractivity contribution in [2.45, 2.75) is 6.18 Å². The first kappa shape index (κ1) is 11.0. The molecule has 0 aromatic heterocycles. The van der Waals surface area contributed by atoms with Crippen LogP contribution in [-0.2, 0) is 0 Å². The lowest BCUT2D eigenvalue weighted by molar-refractivity contribution is -0.0836. The quantitative estimate of drug-likeness (QED) is 0.633. The highest BCUT2D eigenvalue weighted by molar-refractivity contribution is 6.32. The molecule has 0 aliphatic rings. The Hall–Kier alpha value is -1.03. The molecule has 0 nitrogen and oxygen atoms in total. The Morgan fingerprint density at radius 1 is 1.29 bits per heavy atom. The van der Waals surface area contributed by atoms with Crippen LogP contribution >= 0.6 is 11.6 Å². The molecular weight excluding hydrogens is 220 g/mol. The van der Waals surface area contributed by atoms with Crippen LogP contribution in [0.1, 0.15) is 5.56 Å². The zero-order valence-corrected chi connectivity index (χ0v) is 7.53. The van der Waals surface area contributed by atoms with Crippen molar-refractivity contribution in [1.29, 1.82) is 0 Å². The van der Waals surface area contributed by atoms with Gasteiger partial charge in [-0.1, -0.05) is 23.7 Å². The fourth-order valence-corrected chi connectivity index (χ4v) is 0.951. The maximum absolute atomic E-state index is 12.6.